The molecule has 2 nitrogen and oxygen atoms in total. The molecule has 78 valence electrons. The molecule has 0 spiro atoms. The molecule has 0 atom stereocenters. The van der Waals surface area contributed by atoms with Crippen LogP contribution in [0.3, 0.4) is 0 Å². The minimum absolute atomic E-state index is 0.119. The van der Waals surface area contributed by atoms with Crippen molar-refractivity contribution in [2.45, 2.75) is 13.5 Å². The summed E-state index contributed by atoms with van der Waals surface area (Å²) in [6.07, 6.45) is 1.75. The van der Waals surface area contributed by atoms with Crippen molar-refractivity contribution in [3.63, 3.8) is 0 Å². The highest BCUT2D eigenvalue weighted by Crippen LogP contribution is 2.11. The third kappa shape index (κ3) is 4.67. The van der Waals surface area contributed by atoms with Gasteiger partial charge in [-0.05, 0) is 24.6 Å². The zero-order valence-corrected chi connectivity index (χ0v) is 9.20. The van der Waals surface area contributed by atoms with Crippen LogP contribution < -0.4 is 4.90 Å². The lowest BCUT2D eigenvalue weighted by molar-refractivity contribution is 0.282. The number of allylic oxidation sites excluding steroid dienone is 1. The van der Waals surface area contributed by atoms with Crippen molar-refractivity contribution in [2.75, 3.05) is 19.0 Å². The highest BCUT2D eigenvalue weighted by atomic mass is 16.3. The maximum Gasteiger partial charge on any atom is 0.0681 e. The van der Waals surface area contributed by atoms with Gasteiger partial charge in [-0.3, -0.25) is 0 Å². The molecule has 0 radical (unpaired) electrons. The summed E-state index contributed by atoms with van der Waals surface area (Å²) < 4.78 is 0. The van der Waals surface area contributed by atoms with E-state index < -0.39 is 0 Å². The maximum absolute atomic E-state index is 8.75. The average Bonchev–Trinajstić information content (AvgIpc) is 2.19. The minimum atomic E-state index is 0.119. The van der Waals surface area contributed by atoms with E-state index in [1.165, 1.54) is 0 Å². The Morgan fingerprint density at radius 1 is 1.29 bits per heavy atom. The Kier molecular flexibility index (Phi) is 6.50. The summed E-state index contributed by atoms with van der Waals surface area (Å²) in [6, 6.07) is 7.84. The molecule has 0 saturated carbocycles. The van der Waals surface area contributed by atoms with Crippen LogP contribution in [0.1, 0.15) is 12.5 Å². The third-order valence-corrected chi connectivity index (χ3v) is 1.64. The summed E-state index contributed by atoms with van der Waals surface area (Å²) in [4.78, 5) is 2.03. The summed E-state index contributed by atoms with van der Waals surface area (Å²) in [5, 5.41) is 8.75. The molecule has 1 rings (SSSR count). The van der Waals surface area contributed by atoms with Gasteiger partial charge in [-0.2, -0.15) is 0 Å². The van der Waals surface area contributed by atoms with Crippen molar-refractivity contribution in [3.05, 3.63) is 42.5 Å². The van der Waals surface area contributed by atoms with Gasteiger partial charge in [-0.1, -0.05) is 18.2 Å². The Labute approximate surface area is 86.5 Å². The molecule has 0 saturated heterocycles. The average molecular weight is 193 g/mol. The van der Waals surface area contributed by atoms with E-state index in [1.54, 1.807) is 6.08 Å². The highest BCUT2D eigenvalue weighted by molar-refractivity contribution is 5.45. The van der Waals surface area contributed by atoms with E-state index >= 15 is 0 Å². The van der Waals surface area contributed by atoms with E-state index in [2.05, 4.69) is 6.58 Å². The van der Waals surface area contributed by atoms with Gasteiger partial charge in [0.15, 0.2) is 0 Å². The molecule has 1 aromatic carbocycles. The number of anilines is 1. The fourth-order valence-electron chi connectivity index (χ4n) is 0.899. The predicted molar refractivity (Wildman–Crippen MR) is 62.6 cm³/mol. The van der Waals surface area contributed by atoms with Crippen molar-refractivity contribution in [1.82, 2.24) is 0 Å². The summed E-state index contributed by atoms with van der Waals surface area (Å²) in [7, 11) is 3.99. The van der Waals surface area contributed by atoms with Crippen LogP contribution in [-0.4, -0.2) is 19.2 Å². The molecular weight excluding hydrogens is 174 g/mol. The Hall–Kier alpha value is -1.28. The van der Waals surface area contributed by atoms with Gasteiger partial charge in [0.2, 0.25) is 0 Å². The van der Waals surface area contributed by atoms with Gasteiger partial charge >= 0.3 is 0 Å². The number of benzene rings is 1. The molecule has 1 aromatic rings. The molecule has 0 unspecified atom stereocenters. The van der Waals surface area contributed by atoms with Crippen LogP contribution in [0.15, 0.2) is 36.9 Å². The largest absolute Gasteiger partial charge is 0.392 e. The molecule has 0 heterocycles. The topological polar surface area (TPSA) is 23.5 Å². The van der Waals surface area contributed by atoms with Gasteiger partial charge in [0.25, 0.3) is 0 Å². The monoisotopic (exact) mass is 193 g/mol. The molecular formula is C12H19NO. The zero-order valence-electron chi connectivity index (χ0n) is 9.20. The summed E-state index contributed by atoms with van der Waals surface area (Å²) in [6.45, 7) is 5.37. The molecule has 14 heavy (non-hydrogen) atoms. The van der Waals surface area contributed by atoms with E-state index in [0.29, 0.717) is 0 Å². The summed E-state index contributed by atoms with van der Waals surface area (Å²) in [5.74, 6) is 0. The van der Waals surface area contributed by atoms with E-state index in [9.17, 15) is 0 Å². The number of aliphatic hydroxyl groups excluding tert-OH is 1. The number of nitrogens with zero attached hydrogens (tertiary/aromatic N) is 1. The van der Waals surface area contributed by atoms with Crippen LogP contribution in [0.25, 0.3) is 0 Å². The fraction of sp³-hybridized carbons (Fsp3) is 0.333. The first kappa shape index (κ1) is 12.7. The summed E-state index contributed by atoms with van der Waals surface area (Å²) >= 11 is 0. The first-order chi connectivity index (χ1) is 6.65. The zero-order chi connectivity index (χ0) is 11.0. The van der Waals surface area contributed by atoms with E-state index in [-0.39, 0.29) is 6.61 Å². The van der Waals surface area contributed by atoms with E-state index in [1.807, 2.05) is 50.2 Å². The Balaban J connectivity index is 0.000000500. The number of hydrogen-bond donors (Lipinski definition) is 1. The predicted octanol–water partition coefficient (Wildman–Crippen LogP) is 2.44. The van der Waals surface area contributed by atoms with Crippen LogP contribution in [-0.2, 0) is 6.61 Å². The third-order valence-electron chi connectivity index (χ3n) is 1.64. The van der Waals surface area contributed by atoms with Crippen LogP contribution >= 0.6 is 0 Å². The molecule has 2 heteroatoms. The quantitative estimate of drug-likeness (QED) is 0.729. The molecule has 0 amide bonds. The van der Waals surface area contributed by atoms with E-state index in [0.717, 1.165) is 11.3 Å². The second-order valence-electron chi connectivity index (χ2n) is 3.13. The Morgan fingerprint density at radius 3 is 2.00 bits per heavy atom. The fourth-order valence-corrected chi connectivity index (χ4v) is 0.899. The van der Waals surface area contributed by atoms with Crippen molar-refractivity contribution >= 4 is 5.69 Å². The SMILES string of the molecule is C=CC.CN(C)c1ccc(CO)cc1. The lowest BCUT2D eigenvalue weighted by atomic mass is 10.2. The van der Waals surface area contributed by atoms with Gasteiger partial charge in [0, 0.05) is 19.8 Å². The van der Waals surface area contributed by atoms with Gasteiger partial charge in [0.1, 0.15) is 0 Å². The molecule has 0 bridgehead atoms. The van der Waals surface area contributed by atoms with Gasteiger partial charge in [-0.15, -0.1) is 6.58 Å². The minimum Gasteiger partial charge on any atom is -0.392 e. The smallest absolute Gasteiger partial charge is 0.0681 e. The molecule has 0 aliphatic carbocycles. The molecule has 0 fully saturated rings. The highest BCUT2D eigenvalue weighted by Gasteiger charge is 1.93. The van der Waals surface area contributed by atoms with Crippen molar-refractivity contribution < 1.29 is 5.11 Å². The molecule has 0 aliphatic rings. The number of rotatable bonds is 2. The number of hydrogen-bond acceptors (Lipinski definition) is 2. The molecule has 0 aliphatic heterocycles. The van der Waals surface area contributed by atoms with Gasteiger partial charge in [0.05, 0.1) is 6.61 Å². The molecule has 1 N–H and O–H groups in total. The first-order valence-corrected chi connectivity index (χ1v) is 4.59. The molecule has 0 aromatic heterocycles. The van der Waals surface area contributed by atoms with Crippen LogP contribution in [0, 0.1) is 0 Å². The van der Waals surface area contributed by atoms with Crippen molar-refractivity contribution in [1.29, 1.82) is 0 Å². The van der Waals surface area contributed by atoms with Gasteiger partial charge in [-0.25, -0.2) is 0 Å². The van der Waals surface area contributed by atoms with Crippen molar-refractivity contribution in [3.8, 4) is 0 Å². The van der Waals surface area contributed by atoms with Crippen LogP contribution in [0.4, 0.5) is 5.69 Å². The lowest BCUT2D eigenvalue weighted by Crippen LogP contribution is -2.08. The van der Waals surface area contributed by atoms with Crippen LogP contribution in [0.5, 0.6) is 0 Å². The second-order valence-corrected chi connectivity index (χ2v) is 3.13. The first-order valence-electron chi connectivity index (χ1n) is 4.59. The Morgan fingerprint density at radius 2 is 1.71 bits per heavy atom. The Bertz CT molecular complexity index is 252. The second kappa shape index (κ2) is 7.15. The van der Waals surface area contributed by atoms with Gasteiger partial charge < -0.3 is 10.0 Å². The number of aliphatic hydroxyl groups is 1. The lowest BCUT2D eigenvalue weighted by Gasteiger charge is -2.11. The normalized spacial score (nSPS) is 8.57. The van der Waals surface area contributed by atoms with Crippen LogP contribution in [0.2, 0.25) is 0 Å². The summed E-state index contributed by atoms with van der Waals surface area (Å²) in [5.41, 5.74) is 2.11. The maximum atomic E-state index is 8.75. The van der Waals surface area contributed by atoms with E-state index in [4.69, 9.17) is 5.11 Å². The van der Waals surface area contributed by atoms with Crippen molar-refractivity contribution in [2.24, 2.45) is 0 Å². The standard InChI is InChI=1S/C9H13NO.C3H6/c1-10(2)9-5-3-8(7-11)4-6-9;1-3-2/h3-6,11H,7H2,1-2H3;3H,1H2,2H3.